The van der Waals surface area contributed by atoms with E-state index in [1.54, 1.807) is 18.3 Å². The minimum atomic E-state index is -0.338. The Morgan fingerprint density at radius 2 is 2.27 bits per heavy atom. The number of rotatable bonds is 2. The van der Waals surface area contributed by atoms with Gasteiger partial charge < -0.3 is 4.98 Å². The van der Waals surface area contributed by atoms with Crippen molar-refractivity contribution in [2.75, 3.05) is 0 Å². The summed E-state index contributed by atoms with van der Waals surface area (Å²) in [5.41, 5.74) is -0.0746. The van der Waals surface area contributed by atoms with Crippen molar-refractivity contribution in [2.45, 2.75) is 6.54 Å². The fourth-order valence-electron chi connectivity index (χ4n) is 1.60. The summed E-state index contributed by atoms with van der Waals surface area (Å²) >= 11 is 0. The Balaban J connectivity index is 3.01. The predicted molar refractivity (Wildman–Crippen MR) is 58.0 cm³/mol. The molecule has 0 aromatic carbocycles. The molecule has 2 heterocycles. The largest absolute Gasteiger partial charge is 0.347 e. The third-order valence-corrected chi connectivity index (χ3v) is 2.36. The molecule has 0 aliphatic heterocycles. The number of aromatic nitrogens is 3. The molecule has 5 nitrogen and oxygen atoms in total. The standard InChI is InChI=1S/C10H11N3O2/c1-3-6-13-8-7(4-5-11-8)9(14)12(2)10(13)15/h3-5,11H,1,6H2,2H3. The topological polar surface area (TPSA) is 59.8 Å². The van der Waals surface area contributed by atoms with Gasteiger partial charge in [-0.1, -0.05) is 6.08 Å². The minimum Gasteiger partial charge on any atom is -0.347 e. The Bertz CT molecular complexity index is 630. The molecule has 0 atom stereocenters. The molecule has 2 rings (SSSR count). The number of nitrogens with one attached hydrogen (secondary N) is 1. The lowest BCUT2D eigenvalue weighted by Crippen LogP contribution is -2.37. The molecular formula is C10H11N3O2. The van der Waals surface area contributed by atoms with E-state index in [0.29, 0.717) is 17.6 Å². The molecule has 5 heteroatoms. The van der Waals surface area contributed by atoms with Crippen LogP contribution in [-0.4, -0.2) is 14.1 Å². The molecule has 0 saturated heterocycles. The first kappa shape index (κ1) is 9.51. The van der Waals surface area contributed by atoms with Crippen LogP contribution in [0, 0.1) is 0 Å². The van der Waals surface area contributed by atoms with E-state index < -0.39 is 0 Å². The highest BCUT2D eigenvalue weighted by molar-refractivity contribution is 5.74. The summed E-state index contributed by atoms with van der Waals surface area (Å²) in [4.78, 5) is 26.3. The maximum Gasteiger partial charge on any atom is 0.332 e. The van der Waals surface area contributed by atoms with Gasteiger partial charge in [-0.3, -0.25) is 13.9 Å². The van der Waals surface area contributed by atoms with Gasteiger partial charge in [-0.05, 0) is 6.07 Å². The fourth-order valence-corrected chi connectivity index (χ4v) is 1.60. The highest BCUT2D eigenvalue weighted by Gasteiger charge is 2.09. The molecule has 78 valence electrons. The molecule has 0 saturated carbocycles. The van der Waals surface area contributed by atoms with Gasteiger partial charge in [-0.15, -0.1) is 6.58 Å². The van der Waals surface area contributed by atoms with Crippen molar-refractivity contribution in [3.05, 3.63) is 45.8 Å². The molecule has 2 aromatic heterocycles. The Labute approximate surface area is 85.3 Å². The molecule has 2 aromatic rings. The van der Waals surface area contributed by atoms with Gasteiger partial charge in [-0.2, -0.15) is 0 Å². The third kappa shape index (κ3) is 1.24. The van der Waals surface area contributed by atoms with Gasteiger partial charge in [-0.25, -0.2) is 4.79 Å². The third-order valence-electron chi connectivity index (χ3n) is 2.36. The zero-order valence-electron chi connectivity index (χ0n) is 8.36. The number of fused-ring (bicyclic) bond motifs is 1. The zero-order valence-corrected chi connectivity index (χ0v) is 8.36. The number of allylic oxidation sites excluding steroid dienone is 1. The van der Waals surface area contributed by atoms with E-state index in [9.17, 15) is 9.59 Å². The zero-order chi connectivity index (χ0) is 11.0. The number of hydrogen-bond donors (Lipinski definition) is 1. The predicted octanol–water partition coefficient (Wildman–Crippen LogP) is 0.214. The Morgan fingerprint density at radius 3 is 2.93 bits per heavy atom. The van der Waals surface area contributed by atoms with E-state index in [1.165, 1.54) is 11.6 Å². The van der Waals surface area contributed by atoms with Crippen LogP contribution >= 0.6 is 0 Å². The van der Waals surface area contributed by atoms with Crippen LogP contribution in [0.4, 0.5) is 0 Å². The first-order valence-corrected chi connectivity index (χ1v) is 4.54. The maximum atomic E-state index is 11.7. The lowest BCUT2D eigenvalue weighted by Gasteiger charge is -2.06. The van der Waals surface area contributed by atoms with Crippen molar-refractivity contribution >= 4 is 11.0 Å². The normalized spacial score (nSPS) is 10.7. The van der Waals surface area contributed by atoms with E-state index in [-0.39, 0.29) is 11.2 Å². The van der Waals surface area contributed by atoms with Crippen LogP contribution in [0.2, 0.25) is 0 Å². The van der Waals surface area contributed by atoms with Gasteiger partial charge in [0.1, 0.15) is 5.65 Å². The second-order valence-corrected chi connectivity index (χ2v) is 3.29. The Kier molecular flexibility index (Phi) is 2.07. The highest BCUT2D eigenvalue weighted by Crippen LogP contribution is 2.04. The van der Waals surface area contributed by atoms with E-state index in [4.69, 9.17) is 0 Å². The van der Waals surface area contributed by atoms with E-state index >= 15 is 0 Å². The smallest absolute Gasteiger partial charge is 0.332 e. The van der Waals surface area contributed by atoms with Gasteiger partial charge in [0.05, 0.1) is 5.39 Å². The van der Waals surface area contributed by atoms with Crippen molar-refractivity contribution in [3.8, 4) is 0 Å². The molecule has 0 spiro atoms. The van der Waals surface area contributed by atoms with Crippen LogP contribution < -0.4 is 11.2 Å². The van der Waals surface area contributed by atoms with Crippen molar-refractivity contribution < 1.29 is 0 Å². The van der Waals surface area contributed by atoms with E-state index in [0.717, 1.165) is 4.57 Å². The molecule has 0 bridgehead atoms. The quantitative estimate of drug-likeness (QED) is 0.713. The van der Waals surface area contributed by atoms with Gasteiger partial charge in [0.25, 0.3) is 5.56 Å². The molecule has 0 amide bonds. The van der Waals surface area contributed by atoms with Crippen molar-refractivity contribution in [1.82, 2.24) is 14.1 Å². The van der Waals surface area contributed by atoms with Gasteiger partial charge in [0.2, 0.25) is 0 Å². The summed E-state index contributed by atoms with van der Waals surface area (Å²) in [6.45, 7) is 3.96. The molecule has 1 N–H and O–H groups in total. The number of hydrogen-bond acceptors (Lipinski definition) is 2. The number of H-pyrrole nitrogens is 1. The maximum absolute atomic E-state index is 11.7. The SMILES string of the molecule is C=CCn1c(=O)n(C)c(=O)c2cc[nH]c21. The van der Waals surface area contributed by atoms with Crippen LogP contribution in [0.25, 0.3) is 11.0 Å². The molecule has 0 aliphatic carbocycles. The highest BCUT2D eigenvalue weighted by atomic mass is 16.2. The van der Waals surface area contributed by atoms with Crippen LogP contribution in [0.15, 0.2) is 34.5 Å². The van der Waals surface area contributed by atoms with Gasteiger partial charge in [0, 0.05) is 19.8 Å². The van der Waals surface area contributed by atoms with Crippen molar-refractivity contribution in [3.63, 3.8) is 0 Å². The Hall–Kier alpha value is -2.04. The number of nitrogens with zero attached hydrogens (tertiary/aromatic N) is 2. The summed E-state index contributed by atoms with van der Waals surface area (Å²) in [5.74, 6) is 0. The van der Waals surface area contributed by atoms with Gasteiger partial charge in [0.15, 0.2) is 0 Å². The summed E-state index contributed by atoms with van der Waals surface area (Å²) < 4.78 is 2.57. The molecule has 0 unspecified atom stereocenters. The average Bonchev–Trinajstić information content (AvgIpc) is 2.70. The first-order valence-electron chi connectivity index (χ1n) is 4.54. The van der Waals surface area contributed by atoms with Crippen LogP contribution in [0.5, 0.6) is 0 Å². The van der Waals surface area contributed by atoms with E-state index in [1.807, 2.05) is 0 Å². The molecule has 0 fully saturated rings. The van der Waals surface area contributed by atoms with Crippen LogP contribution in [0.3, 0.4) is 0 Å². The van der Waals surface area contributed by atoms with Gasteiger partial charge >= 0.3 is 5.69 Å². The summed E-state index contributed by atoms with van der Waals surface area (Å²) in [6, 6.07) is 1.66. The van der Waals surface area contributed by atoms with Crippen molar-refractivity contribution in [2.24, 2.45) is 7.05 Å². The lowest BCUT2D eigenvalue weighted by molar-refractivity contribution is 0.678. The molecule has 0 aliphatic rings. The summed E-state index contributed by atoms with van der Waals surface area (Å²) in [6.07, 6.45) is 3.26. The second kappa shape index (κ2) is 3.27. The van der Waals surface area contributed by atoms with E-state index in [2.05, 4.69) is 11.6 Å². The average molecular weight is 205 g/mol. The summed E-state index contributed by atoms with van der Waals surface area (Å²) in [5, 5.41) is 0.513. The van der Waals surface area contributed by atoms with Crippen LogP contribution in [0.1, 0.15) is 0 Å². The number of aromatic amines is 1. The monoisotopic (exact) mass is 205 g/mol. The second-order valence-electron chi connectivity index (χ2n) is 3.29. The lowest BCUT2D eigenvalue weighted by atomic mass is 10.4. The minimum absolute atomic E-state index is 0.281. The van der Waals surface area contributed by atoms with Crippen molar-refractivity contribution in [1.29, 1.82) is 0 Å². The Morgan fingerprint density at radius 1 is 1.53 bits per heavy atom. The summed E-state index contributed by atoms with van der Waals surface area (Å²) in [7, 11) is 1.47. The fraction of sp³-hybridized carbons (Fsp3) is 0.200. The molecule has 15 heavy (non-hydrogen) atoms. The van der Waals surface area contributed by atoms with Crippen LogP contribution in [-0.2, 0) is 13.6 Å². The first-order chi connectivity index (χ1) is 7.16. The molecule has 0 radical (unpaired) electrons. The molecular weight excluding hydrogens is 194 g/mol.